The fourth-order valence-corrected chi connectivity index (χ4v) is 5.11. The highest BCUT2D eigenvalue weighted by Crippen LogP contribution is 2.50. The highest BCUT2D eigenvalue weighted by Gasteiger charge is 2.44. The second-order valence-corrected chi connectivity index (χ2v) is 8.54. The molecule has 1 saturated heterocycles. The van der Waals surface area contributed by atoms with E-state index in [1.54, 1.807) is 0 Å². The first-order chi connectivity index (χ1) is 13.3. The van der Waals surface area contributed by atoms with Crippen LogP contribution in [-0.2, 0) is 10.3 Å². The van der Waals surface area contributed by atoms with Crippen LogP contribution in [0, 0.1) is 5.92 Å². The molecule has 2 aromatic carbocycles. The van der Waals surface area contributed by atoms with Gasteiger partial charge >= 0.3 is 0 Å². The maximum absolute atomic E-state index is 5.57. The number of ether oxygens (including phenoxy) is 1. The van der Waals surface area contributed by atoms with Gasteiger partial charge in [0.1, 0.15) is 5.82 Å². The van der Waals surface area contributed by atoms with E-state index in [-0.39, 0.29) is 5.54 Å². The van der Waals surface area contributed by atoms with E-state index in [1.165, 1.54) is 36.0 Å². The minimum absolute atomic E-state index is 0.179. The zero-order valence-electron chi connectivity index (χ0n) is 15.3. The van der Waals surface area contributed by atoms with Gasteiger partial charge in [-0.3, -0.25) is 0 Å². The third-order valence-electron chi connectivity index (χ3n) is 6.24. The molecule has 2 aliphatic heterocycles. The first kappa shape index (κ1) is 17.2. The van der Waals surface area contributed by atoms with Crippen molar-refractivity contribution in [3.63, 3.8) is 0 Å². The summed E-state index contributed by atoms with van der Waals surface area (Å²) in [6.45, 7) is 1.81. The Morgan fingerprint density at radius 2 is 1.85 bits per heavy atom. The molecule has 0 unspecified atom stereocenters. The largest absolute Gasteiger partial charge is 0.381 e. The molecule has 0 saturated carbocycles. The van der Waals surface area contributed by atoms with E-state index >= 15 is 0 Å². The summed E-state index contributed by atoms with van der Waals surface area (Å²) in [6, 6.07) is 17.6. The van der Waals surface area contributed by atoms with Crippen molar-refractivity contribution in [3.8, 4) is 11.4 Å². The van der Waals surface area contributed by atoms with Crippen molar-refractivity contribution in [2.45, 2.75) is 31.2 Å². The lowest BCUT2D eigenvalue weighted by molar-refractivity contribution is 0.0613. The quantitative estimate of drug-likeness (QED) is 0.544. The maximum Gasteiger partial charge on any atom is 0.141 e. The summed E-state index contributed by atoms with van der Waals surface area (Å²) in [6.07, 6.45) is 8.73. The molecule has 0 bridgehead atoms. The Morgan fingerprint density at radius 1 is 1.07 bits per heavy atom. The zero-order chi connectivity index (χ0) is 18.3. The van der Waals surface area contributed by atoms with Crippen LogP contribution in [0.4, 0.5) is 0 Å². The second kappa shape index (κ2) is 6.92. The van der Waals surface area contributed by atoms with Gasteiger partial charge in [0.25, 0.3) is 0 Å². The summed E-state index contributed by atoms with van der Waals surface area (Å²) < 4.78 is 9.09. The molecule has 0 spiro atoms. The minimum atomic E-state index is -0.179. The van der Waals surface area contributed by atoms with E-state index in [1.807, 2.05) is 6.20 Å². The summed E-state index contributed by atoms with van der Waals surface area (Å²) in [4.78, 5) is 4.70. The average molecular weight is 423 g/mol. The van der Waals surface area contributed by atoms with E-state index in [2.05, 4.69) is 75.2 Å². The van der Waals surface area contributed by atoms with Gasteiger partial charge < -0.3 is 9.30 Å². The minimum Gasteiger partial charge on any atom is -0.381 e. The van der Waals surface area contributed by atoms with Gasteiger partial charge in [0.15, 0.2) is 0 Å². The van der Waals surface area contributed by atoms with Gasteiger partial charge in [-0.1, -0.05) is 52.3 Å². The molecule has 27 heavy (non-hydrogen) atoms. The monoisotopic (exact) mass is 422 g/mol. The summed E-state index contributed by atoms with van der Waals surface area (Å²) in [5.41, 5.74) is 3.79. The Labute approximate surface area is 168 Å². The Bertz CT molecular complexity index is 943. The van der Waals surface area contributed by atoms with Crippen molar-refractivity contribution in [2.75, 3.05) is 13.2 Å². The number of fused-ring (bicyclic) bond motifs is 3. The Hall–Kier alpha value is -1.91. The van der Waals surface area contributed by atoms with Gasteiger partial charge in [0.05, 0.1) is 5.54 Å². The third-order valence-corrected chi connectivity index (χ3v) is 6.77. The molecule has 1 atom stereocenters. The molecule has 3 aromatic rings. The summed E-state index contributed by atoms with van der Waals surface area (Å²) in [7, 11) is 0. The molecule has 3 nitrogen and oxygen atoms in total. The number of benzene rings is 2. The molecule has 1 fully saturated rings. The molecular weight excluding hydrogens is 400 g/mol. The molecule has 5 rings (SSSR count). The van der Waals surface area contributed by atoms with Gasteiger partial charge in [-0.25, -0.2) is 4.98 Å². The highest BCUT2D eigenvalue weighted by molar-refractivity contribution is 9.10. The summed E-state index contributed by atoms with van der Waals surface area (Å²) in [5, 5.41) is 0. The Kier molecular flexibility index (Phi) is 4.41. The number of halogens is 1. The van der Waals surface area contributed by atoms with Crippen LogP contribution in [-0.4, -0.2) is 22.8 Å². The predicted molar refractivity (Wildman–Crippen MR) is 111 cm³/mol. The SMILES string of the molecule is Brc1ccc([C@]2(CCC3CCOCC3)c3ccccc3-c3nccn32)cc1. The normalized spacial score (nSPS) is 21.8. The molecule has 2 aliphatic rings. The first-order valence-corrected chi connectivity index (χ1v) is 10.6. The van der Waals surface area contributed by atoms with E-state index in [0.29, 0.717) is 0 Å². The van der Waals surface area contributed by atoms with Crippen LogP contribution in [0.15, 0.2) is 65.4 Å². The van der Waals surface area contributed by atoms with Gasteiger partial charge in [0, 0.05) is 35.6 Å². The molecule has 0 radical (unpaired) electrons. The topological polar surface area (TPSA) is 27.1 Å². The molecule has 1 aromatic heterocycles. The molecule has 3 heterocycles. The zero-order valence-corrected chi connectivity index (χ0v) is 16.9. The molecule has 4 heteroatoms. The number of aromatic nitrogens is 2. The van der Waals surface area contributed by atoms with Crippen molar-refractivity contribution < 1.29 is 4.74 Å². The second-order valence-electron chi connectivity index (χ2n) is 7.63. The average Bonchev–Trinajstić information content (AvgIpc) is 3.29. The van der Waals surface area contributed by atoms with Gasteiger partial charge in [-0.05, 0) is 54.9 Å². The highest BCUT2D eigenvalue weighted by atomic mass is 79.9. The number of imidazole rings is 1. The van der Waals surface area contributed by atoms with Crippen LogP contribution in [0.1, 0.15) is 36.8 Å². The lowest BCUT2D eigenvalue weighted by atomic mass is 9.77. The van der Waals surface area contributed by atoms with Crippen LogP contribution in [0.3, 0.4) is 0 Å². The van der Waals surface area contributed by atoms with Crippen molar-refractivity contribution in [2.24, 2.45) is 5.92 Å². The van der Waals surface area contributed by atoms with Crippen LogP contribution < -0.4 is 0 Å². The fraction of sp³-hybridized carbons (Fsp3) is 0.348. The summed E-state index contributed by atoms with van der Waals surface area (Å²) >= 11 is 3.60. The molecule has 138 valence electrons. The standard InChI is InChI=1S/C23H23BrN2O/c24-19-7-5-18(6-8-19)23(12-9-17-10-15-27-16-11-17)21-4-2-1-3-20(21)22-25-13-14-26(22)23/h1-8,13-14,17H,9-12,15-16H2/t23-/m1/s1. The van der Waals surface area contributed by atoms with Gasteiger partial charge in [-0.15, -0.1) is 0 Å². The smallest absolute Gasteiger partial charge is 0.141 e. The molecule has 0 N–H and O–H groups in total. The number of hydrogen-bond acceptors (Lipinski definition) is 2. The van der Waals surface area contributed by atoms with Gasteiger partial charge in [0.2, 0.25) is 0 Å². The van der Waals surface area contributed by atoms with Crippen molar-refractivity contribution in [1.82, 2.24) is 9.55 Å². The lowest BCUT2D eigenvalue weighted by Gasteiger charge is -2.35. The van der Waals surface area contributed by atoms with Crippen molar-refractivity contribution in [3.05, 3.63) is 76.5 Å². The number of hydrogen-bond donors (Lipinski definition) is 0. The first-order valence-electron chi connectivity index (χ1n) is 9.76. The van der Waals surface area contributed by atoms with Crippen LogP contribution in [0.5, 0.6) is 0 Å². The molecule has 0 aliphatic carbocycles. The van der Waals surface area contributed by atoms with E-state index < -0.39 is 0 Å². The molecular formula is C23H23BrN2O. The molecule has 0 amide bonds. The Morgan fingerprint density at radius 3 is 2.67 bits per heavy atom. The maximum atomic E-state index is 5.57. The van der Waals surface area contributed by atoms with Crippen molar-refractivity contribution >= 4 is 15.9 Å². The van der Waals surface area contributed by atoms with Crippen molar-refractivity contribution in [1.29, 1.82) is 0 Å². The van der Waals surface area contributed by atoms with E-state index in [9.17, 15) is 0 Å². The predicted octanol–water partition coefficient (Wildman–Crippen LogP) is 5.62. The number of nitrogens with zero attached hydrogens (tertiary/aromatic N) is 2. The number of rotatable bonds is 4. The van der Waals surface area contributed by atoms with Crippen LogP contribution >= 0.6 is 15.9 Å². The van der Waals surface area contributed by atoms with E-state index in [4.69, 9.17) is 9.72 Å². The van der Waals surface area contributed by atoms with Crippen LogP contribution in [0.25, 0.3) is 11.4 Å². The third kappa shape index (κ3) is 2.77. The Balaban J connectivity index is 1.64. The lowest BCUT2D eigenvalue weighted by Crippen LogP contribution is -2.34. The van der Waals surface area contributed by atoms with Gasteiger partial charge in [-0.2, -0.15) is 0 Å². The van der Waals surface area contributed by atoms with Crippen LogP contribution in [0.2, 0.25) is 0 Å². The summed E-state index contributed by atoms with van der Waals surface area (Å²) in [5.74, 6) is 1.83. The fourth-order valence-electron chi connectivity index (χ4n) is 4.85. The van der Waals surface area contributed by atoms with E-state index in [0.717, 1.165) is 35.8 Å².